The topological polar surface area (TPSA) is 82.7 Å². The summed E-state index contributed by atoms with van der Waals surface area (Å²) >= 11 is 0. The van der Waals surface area contributed by atoms with Crippen LogP contribution >= 0.6 is 0 Å². The maximum absolute atomic E-state index is 13.2. The van der Waals surface area contributed by atoms with E-state index >= 15 is 0 Å². The number of carbonyl (C=O) groups excluding carboxylic acids is 1. The third kappa shape index (κ3) is 4.85. The molecule has 6 rings (SSSR count). The van der Waals surface area contributed by atoms with Crippen LogP contribution in [0.1, 0.15) is 27.2 Å². The molecule has 202 valence electrons. The molecular weight excluding hydrogens is 514 g/mol. The van der Waals surface area contributed by atoms with Crippen molar-refractivity contribution in [3.8, 4) is 34.5 Å². The number of imidazole rings is 1. The molecule has 0 aliphatic heterocycles. The van der Waals surface area contributed by atoms with Crippen molar-refractivity contribution in [3.05, 3.63) is 108 Å². The Morgan fingerprint density at radius 2 is 1.80 bits per heavy atom. The Labute approximate surface area is 237 Å². The van der Waals surface area contributed by atoms with Gasteiger partial charge in [-0.15, -0.1) is 0 Å². The number of benzene rings is 3. The molecule has 8 heteroatoms. The van der Waals surface area contributed by atoms with E-state index in [1.54, 1.807) is 31.1 Å². The predicted octanol–water partition coefficient (Wildman–Crippen LogP) is 5.87. The first-order valence-corrected chi connectivity index (χ1v) is 13.0. The first kappa shape index (κ1) is 25.7. The van der Waals surface area contributed by atoms with Gasteiger partial charge in [-0.2, -0.15) is 5.10 Å². The molecule has 0 fully saturated rings. The van der Waals surface area contributed by atoms with E-state index in [4.69, 9.17) is 9.47 Å². The van der Waals surface area contributed by atoms with E-state index in [0.717, 1.165) is 38.8 Å². The molecule has 0 unspecified atom stereocenters. The minimum absolute atomic E-state index is 0.210. The molecule has 1 N–H and O–H groups in total. The summed E-state index contributed by atoms with van der Waals surface area (Å²) in [4.78, 5) is 17.6. The van der Waals surface area contributed by atoms with Gasteiger partial charge in [-0.25, -0.2) is 9.50 Å². The van der Waals surface area contributed by atoms with Gasteiger partial charge in [0, 0.05) is 47.2 Å². The number of hydrogen-bond acceptors (Lipinski definition) is 5. The monoisotopic (exact) mass is 541 g/mol. The lowest BCUT2D eigenvalue weighted by atomic mass is 10.0. The van der Waals surface area contributed by atoms with Crippen molar-refractivity contribution in [1.82, 2.24) is 19.2 Å². The number of hydrogen-bond donors (Lipinski definition) is 1. The van der Waals surface area contributed by atoms with Crippen LogP contribution in [0.5, 0.6) is 11.5 Å². The smallest absolute Gasteiger partial charge is 0.255 e. The van der Waals surface area contributed by atoms with Crippen LogP contribution in [-0.4, -0.2) is 39.3 Å². The number of nitrogens with zero attached hydrogens (tertiary/aromatic N) is 4. The molecule has 0 aliphatic rings. The molecule has 41 heavy (non-hydrogen) atoms. The summed E-state index contributed by atoms with van der Waals surface area (Å²) in [5.74, 6) is 7.46. The van der Waals surface area contributed by atoms with Crippen LogP contribution in [-0.2, 0) is 7.05 Å². The number of fused-ring (bicyclic) bond motifs is 2. The Bertz CT molecular complexity index is 2010. The van der Waals surface area contributed by atoms with Gasteiger partial charge < -0.3 is 19.4 Å². The van der Waals surface area contributed by atoms with E-state index < -0.39 is 0 Å². The summed E-state index contributed by atoms with van der Waals surface area (Å²) in [6.45, 7) is 1.97. The fourth-order valence-corrected chi connectivity index (χ4v) is 4.84. The van der Waals surface area contributed by atoms with Gasteiger partial charge in [0.15, 0.2) is 17.1 Å². The molecule has 0 radical (unpaired) electrons. The van der Waals surface area contributed by atoms with Crippen molar-refractivity contribution >= 4 is 28.1 Å². The molecule has 1 amide bonds. The highest BCUT2D eigenvalue weighted by Crippen LogP contribution is 2.37. The molecule has 3 aromatic carbocycles. The SMILES string of the molecule is COc1ccc(-c2cn(C)c3cc(NC(=O)c4ccc(C)c(C#Cc5cnc6cccnn56)c4)ccc23)cc1OC. The third-order valence-corrected chi connectivity index (χ3v) is 7.05. The van der Waals surface area contributed by atoms with Gasteiger partial charge in [0.2, 0.25) is 0 Å². The predicted molar refractivity (Wildman–Crippen MR) is 160 cm³/mol. The highest BCUT2D eigenvalue weighted by Gasteiger charge is 2.14. The van der Waals surface area contributed by atoms with Crippen LogP contribution in [0.4, 0.5) is 5.69 Å². The van der Waals surface area contributed by atoms with E-state index in [2.05, 4.69) is 33.4 Å². The summed E-state index contributed by atoms with van der Waals surface area (Å²) in [5, 5.41) is 8.41. The molecule has 0 bridgehead atoms. The van der Waals surface area contributed by atoms with E-state index in [0.29, 0.717) is 28.4 Å². The van der Waals surface area contributed by atoms with Crippen LogP contribution in [0, 0.1) is 18.8 Å². The number of ether oxygens (including phenoxy) is 2. The minimum Gasteiger partial charge on any atom is -0.493 e. The van der Waals surface area contributed by atoms with Crippen molar-refractivity contribution in [2.75, 3.05) is 19.5 Å². The number of rotatable bonds is 5. The Kier molecular flexibility index (Phi) is 6.62. The van der Waals surface area contributed by atoms with Crippen LogP contribution < -0.4 is 14.8 Å². The first-order valence-electron chi connectivity index (χ1n) is 13.0. The number of methoxy groups -OCH3 is 2. The average molecular weight is 542 g/mol. The molecule has 3 aromatic heterocycles. The summed E-state index contributed by atoms with van der Waals surface area (Å²) in [5.41, 5.74) is 7.43. The Balaban J connectivity index is 1.26. The fourth-order valence-electron chi connectivity index (χ4n) is 4.84. The highest BCUT2D eigenvalue weighted by molar-refractivity contribution is 6.06. The van der Waals surface area contributed by atoms with Gasteiger partial charge in [0.25, 0.3) is 5.91 Å². The molecule has 0 atom stereocenters. The number of carbonyl (C=O) groups is 1. The van der Waals surface area contributed by atoms with Gasteiger partial charge in [-0.05, 0) is 72.5 Å². The van der Waals surface area contributed by atoms with Crippen LogP contribution in [0.15, 0.2) is 85.3 Å². The zero-order valence-electron chi connectivity index (χ0n) is 23.1. The maximum atomic E-state index is 13.2. The Morgan fingerprint density at radius 1 is 0.951 bits per heavy atom. The fraction of sp³-hybridized carbons (Fsp3) is 0.121. The molecule has 0 saturated carbocycles. The second-order valence-electron chi connectivity index (χ2n) is 9.63. The van der Waals surface area contributed by atoms with Crippen LogP contribution in [0.3, 0.4) is 0 Å². The normalized spacial score (nSPS) is 10.8. The van der Waals surface area contributed by atoms with E-state index in [-0.39, 0.29) is 5.91 Å². The second-order valence-corrected chi connectivity index (χ2v) is 9.63. The zero-order valence-corrected chi connectivity index (χ0v) is 23.1. The lowest BCUT2D eigenvalue weighted by Crippen LogP contribution is -2.12. The second kappa shape index (κ2) is 10.5. The molecule has 3 heterocycles. The molecule has 6 aromatic rings. The van der Waals surface area contributed by atoms with Gasteiger partial charge in [-0.1, -0.05) is 24.1 Å². The van der Waals surface area contributed by atoms with E-state index in [1.807, 2.05) is 85.3 Å². The van der Waals surface area contributed by atoms with Crippen molar-refractivity contribution in [3.63, 3.8) is 0 Å². The lowest BCUT2D eigenvalue weighted by molar-refractivity contribution is 0.102. The number of nitrogens with one attached hydrogen (secondary N) is 1. The first-order chi connectivity index (χ1) is 19.9. The van der Waals surface area contributed by atoms with Gasteiger partial charge in [0.05, 0.1) is 25.9 Å². The van der Waals surface area contributed by atoms with Crippen LogP contribution in [0.25, 0.3) is 27.7 Å². The highest BCUT2D eigenvalue weighted by atomic mass is 16.5. The molecule has 0 aliphatic carbocycles. The van der Waals surface area contributed by atoms with E-state index in [1.165, 1.54) is 0 Å². The summed E-state index contributed by atoms with van der Waals surface area (Å²) in [6.07, 6.45) is 5.46. The van der Waals surface area contributed by atoms with Crippen molar-refractivity contribution in [2.45, 2.75) is 6.92 Å². The summed E-state index contributed by atoms with van der Waals surface area (Å²) < 4.78 is 14.6. The number of aromatic nitrogens is 4. The number of anilines is 1. The van der Waals surface area contributed by atoms with E-state index in [9.17, 15) is 4.79 Å². The third-order valence-electron chi connectivity index (χ3n) is 7.05. The standard InChI is InChI=1S/C33H27N5O3/c1-21-7-8-24(16-22(21)9-12-26-19-34-32-6-5-15-35-38(26)32)33(39)36-25-11-13-27-28(20-37(2)29(27)18-25)23-10-14-30(40-3)31(17-23)41-4/h5-8,10-11,13-20H,1-4H3,(H,36,39). The maximum Gasteiger partial charge on any atom is 0.255 e. The van der Waals surface area contributed by atoms with Crippen molar-refractivity contribution in [2.24, 2.45) is 7.05 Å². The zero-order chi connectivity index (χ0) is 28.5. The average Bonchev–Trinajstić information content (AvgIpc) is 3.56. The quantitative estimate of drug-likeness (QED) is 0.276. The van der Waals surface area contributed by atoms with Crippen LogP contribution in [0.2, 0.25) is 0 Å². The van der Waals surface area contributed by atoms with Gasteiger partial charge >= 0.3 is 0 Å². The molecular formula is C33H27N5O3. The van der Waals surface area contributed by atoms with Gasteiger partial charge in [0.1, 0.15) is 5.69 Å². The molecule has 8 nitrogen and oxygen atoms in total. The largest absolute Gasteiger partial charge is 0.493 e. The molecule has 0 saturated heterocycles. The summed E-state index contributed by atoms with van der Waals surface area (Å²) in [7, 11) is 5.24. The Hall–Kier alpha value is -5.55. The Morgan fingerprint density at radius 3 is 2.63 bits per heavy atom. The number of amides is 1. The molecule has 0 spiro atoms. The van der Waals surface area contributed by atoms with Crippen molar-refractivity contribution in [1.29, 1.82) is 0 Å². The summed E-state index contributed by atoms with van der Waals surface area (Å²) in [6, 6.07) is 21.0. The minimum atomic E-state index is -0.210. The van der Waals surface area contributed by atoms with Gasteiger partial charge in [-0.3, -0.25) is 4.79 Å². The van der Waals surface area contributed by atoms with Crippen molar-refractivity contribution < 1.29 is 14.3 Å². The lowest BCUT2D eigenvalue weighted by Gasteiger charge is -2.10. The number of aryl methyl sites for hydroxylation is 2.